The van der Waals surface area contributed by atoms with Gasteiger partial charge in [0.15, 0.2) is 3.92 Å². The number of nitrogens with zero attached hydrogens (tertiary/aromatic N) is 6. The summed E-state index contributed by atoms with van der Waals surface area (Å²) in [6.07, 6.45) is 2.21. The van der Waals surface area contributed by atoms with Gasteiger partial charge in [-0.25, -0.2) is 9.97 Å². The van der Waals surface area contributed by atoms with E-state index >= 15 is 0 Å². The number of hydrogen-bond donors (Lipinski definition) is 0. The van der Waals surface area contributed by atoms with Gasteiger partial charge in [-0.15, -0.1) is 43.1 Å². The predicted molar refractivity (Wildman–Crippen MR) is 246 cm³/mol. The molecular formula is C43H45BrN6O5S4. The molecule has 0 atom stereocenters. The molecule has 3 aromatic carbocycles. The number of thiophene rings is 2. The fraction of sp³-hybridized carbons (Fsp3) is 0.326. The van der Waals surface area contributed by atoms with Gasteiger partial charge in [0.05, 0.1) is 60.4 Å². The van der Waals surface area contributed by atoms with Gasteiger partial charge in [-0.2, -0.15) is 0 Å². The molecule has 0 saturated carbocycles. The number of Topliss-reactive ketones (excluding diaryl/α,β-unsaturated/α-hetero) is 1. The lowest BCUT2D eigenvalue weighted by atomic mass is 10.1. The van der Waals surface area contributed by atoms with Crippen LogP contribution in [0.4, 0.5) is 21.4 Å². The Morgan fingerprint density at radius 1 is 0.576 bits per heavy atom. The fourth-order valence-electron chi connectivity index (χ4n) is 5.48. The summed E-state index contributed by atoms with van der Waals surface area (Å²) in [6, 6.07) is 28.2. The van der Waals surface area contributed by atoms with Crippen LogP contribution >= 0.6 is 61.3 Å². The van der Waals surface area contributed by atoms with Crippen molar-refractivity contribution in [1.82, 2.24) is 9.97 Å². The zero-order valence-corrected chi connectivity index (χ0v) is 37.9. The number of halogens is 1. The second-order valence-electron chi connectivity index (χ2n) is 12.9. The number of carbonyl (C=O) groups is 1. The minimum Gasteiger partial charge on any atom is -0.379 e. The molecule has 0 spiro atoms. The highest BCUT2D eigenvalue weighted by Gasteiger charge is 2.11. The summed E-state index contributed by atoms with van der Waals surface area (Å²) in [7, 11) is 0. The van der Waals surface area contributed by atoms with E-state index in [4.69, 9.17) is 23.9 Å². The molecule has 0 saturated heterocycles. The molecule has 0 aliphatic carbocycles. The van der Waals surface area contributed by atoms with Crippen molar-refractivity contribution in [2.75, 3.05) is 52.9 Å². The van der Waals surface area contributed by atoms with Crippen molar-refractivity contribution in [2.45, 2.75) is 40.0 Å². The van der Waals surface area contributed by atoms with E-state index in [1.807, 2.05) is 74.5 Å². The molecule has 59 heavy (non-hydrogen) atoms. The number of azo groups is 2. The number of thiazole rings is 2. The molecular weight excluding hydrogens is 889 g/mol. The quantitative estimate of drug-likeness (QED) is 0.0518. The molecule has 11 nitrogen and oxygen atoms in total. The second-order valence-corrected chi connectivity index (χ2v) is 18.3. The van der Waals surface area contributed by atoms with Gasteiger partial charge >= 0.3 is 0 Å². The molecule has 0 aliphatic heterocycles. The lowest BCUT2D eigenvalue weighted by Gasteiger charge is -2.04. The van der Waals surface area contributed by atoms with E-state index in [2.05, 4.69) is 65.6 Å². The molecule has 16 heteroatoms. The van der Waals surface area contributed by atoms with Gasteiger partial charge in [0.2, 0.25) is 0 Å². The highest BCUT2D eigenvalue weighted by Crippen LogP contribution is 2.40. The molecule has 0 unspecified atom stereocenters. The number of ether oxygens (including phenoxy) is 4. The van der Waals surface area contributed by atoms with Gasteiger partial charge < -0.3 is 18.9 Å². The van der Waals surface area contributed by atoms with Crippen LogP contribution in [0, 0.1) is 0 Å². The third-order valence-electron chi connectivity index (χ3n) is 8.40. The van der Waals surface area contributed by atoms with Crippen molar-refractivity contribution in [1.29, 1.82) is 0 Å². The zero-order valence-electron chi connectivity index (χ0n) is 33.1. The van der Waals surface area contributed by atoms with E-state index in [0.29, 0.717) is 46.1 Å². The second kappa shape index (κ2) is 23.7. The molecule has 0 aliphatic rings. The van der Waals surface area contributed by atoms with Crippen LogP contribution in [0.3, 0.4) is 0 Å². The topological polar surface area (TPSA) is 129 Å². The molecule has 7 aromatic rings. The maximum absolute atomic E-state index is 11.3. The van der Waals surface area contributed by atoms with Gasteiger partial charge in [0, 0.05) is 25.2 Å². The molecule has 7 rings (SSSR count). The van der Waals surface area contributed by atoms with Crippen LogP contribution in [0.15, 0.2) is 109 Å². The number of rotatable bonds is 21. The molecule has 0 amide bonds. The van der Waals surface area contributed by atoms with Gasteiger partial charge in [-0.3, -0.25) is 4.79 Å². The SMILES string of the molecule is CCOCCOCCc1ccc(N=Nc2cc3sc(-c4ccc(CC(C)=O)cc4)nc3s2)cc1.CCOCCOCCc1ccc(N=Nc2cc3sc(Br)nc3s2)cc1. The molecule has 0 radical (unpaired) electrons. The summed E-state index contributed by atoms with van der Waals surface area (Å²) >= 11 is 9.71. The van der Waals surface area contributed by atoms with E-state index in [0.717, 1.165) is 86.5 Å². The summed E-state index contributed by atoms with van der Waals surface area (Å²) in [5.41, 5.74) is 6.17. The van der Waals surface area contributed by atoms with E-state index in [1.54, 1.807) is 40.9 Å². The van der Waals surface area contributed by atoms with E-state index in [9.17, 15) is 4.79 Å². The van der Waals surface area contributed by atoms with Crippen molar-refractivity contribution >= 4 is 107 Å². The smallest absolute Gasteiger partial charge is 0.161 e. The Morgan fingerprint density at radius 3 is 1.53 bits per heavy atom. The van der Waals surface area contributed by atoms with E-state index in [1.165, 1.54) is 22.5 Å². The third kappa shape index (κ3) is 14.6. The number of fused-ring (bicyclic) bond motifs is 2. The van der Waals surface area contributed by atoms with Gasteiger partial charge in [0.1, 0.15) is 30.5 Å². The van der Waals surface area contributed by atoms with Crippen LogP contribution in [0.1, 0.15) is 37.5 Å². The van der Waals surface area contributed by atoms with E-state index < -0.39 is 0 Å². The number of aromatic nitrogens is 2. The normalized spacial score (nSPS) is 11.7. The van der Waals surface area contributed by atoms with Crippen LogP contribution in [0.2, 0.25) is 0 Å². The Labute approximate surface area is 368 Å². The monoisotopic (exact) mass is 932 g/mol. The maximum Gasteiger partial charge on any atom is 0.161 e. The Bertz CT molecular complexity index is 2340. The Hall–Kier alpha value is -3.97. The molecule has 4 heterocycles. The lowest BCUT2D eigenvalue weighted by Crippen LogP contribution is -2.06. The highest BCUT2D eigenvalue weighted by atomic mass is 79.9. The van der Waals surface area contributed by atoms with Crippen molar-refractivity contribution in [2.24, 2.45) is 20.5 Å². The third-order valence-corrected chi connectivity index (χ3v) is 13.0. The molecule has 308 valence electrons. The van der Waals surface area contributed by atoms with Crippen LogP contribution < -0.4 is 0 Å². The Balaban J connectivity index is 0.000000208. The van der Waals surface area contributed by atoms with Crippen molar-refractivity contribution in [3.8, 4) is 10.6 Å². The summed E-state index contributed by atoms with van der Waals surface area (Å²) in [6.45, 7) is 11.0. The standard InChI is InChI=1S/C26H27N3O3S2.C17H18BrN3O2S2/c1-3-31-14-15-32-13-12-19-6-10-22(11-7-19)28-29-24-17-23-26(34-24)27-25(33-23)21-8-4-20(5-9-21)16-18(2)30;1-2-22-9-10-23-8-7-12-3-5-13(6-4-12)20-21-15-11-14-16(25-15)19-17(18)24-14/h4-11,17H,3,12-16H2,1-2H3;3-6,11H,2,7-10H2,1H3. The van der Waals surface area contributed by atoms with Crippen LogP contribution in [-0.2, 0) is 43.0 Å². The van der Waals surface area contributed by atoms with Crippen LogP contribution in [-0.4, -0.2) is 68.6 Å². The maximum atomic E-state index is 11.3. The zero-order chi connectivity index (χ0) is 41.2. The average Bonchev–Trinajstić information content (AvgIpc) is 4.00. The summed E-state index contributed by atoms with van der Waals surface area (Å²) in [5.74, 6) is 0.166. The first-order valence-electron chi connectivity index (χ1n) is 19.2. The molecule has 0 bridgehead atoms. The number of benzene rings is 3. The van der Waals surface area contributed by atoms with Gasteiger partial charge in [-0.05, 0) is 103 Å². The first kappa shape index (κ1) is 44.6. The van der Waals surface area contributed by atoms with Crippen molar-refractivity contribution in [3.05, 3.63) is 106 Å². The number of carbonyl (C=O) groups excluding carboxylic acids is 1. The largest absolute Gasteiger partial charge is 0.379 e. The van der Waals surface area contributed by atoms with Crippen LogP contribution in [0.25, 0.3) is 29.6 Å². The Morgan fingerprint density at radius 2 is 1.05 bits per heavy atom. The predicted octanol–water partition coefficient (Wildman–Crippen LogP) is 13.3. The van der Waals surface area contributed by atoms with Crippen molar-refractivity contribution in [3.63, 3.8) is 0 Å². The lowest BCUT2D eigenvalue weighted by molar-refractivity contribution is -0.116. The average molecular weight is 934 g/mol. The summed E-state index contributed by atoms with van der Waals surface area (Å²) in [4.78, 5) is 22.4. The van der Waals surface area contributed by atoms with Gasteiger partial charge in [0.25, 0.3) is 0 Å². The minimum atomic E-state index is 0.166. The van der Waals surface area contributed by atoms with Crippen LogP contribution in [0.5, 0.6) is 0 Å². The van der Waals surface area contributed by atoms with Gasteiger partial charge in [-0.1, -0.05) is 71.2 Å². The molecule has 0 fully saturated rings. The minimum absolute atomic E-state index is 0.166. The fourth-order valence-corrected chi connectivity index (χ4v) is 10.1. The first-order chi connectivity index (χ1) is 28.8. The van der Waals surface area contributed by atoms with Crippen molar-refractivity contribution < 1.29 is 23.7 Å². The highest BCUT2D eigenvalue weighted by molar-refractivity contribution is 9.11. The van der Waals surface area contributed by atoms with E-state index in [-0.39, 0.29) is 5.78 Å². The molecule has 0 N–H and O–H groups in total. The molecule has 4 aromatic heterocycles. The Kier molecular flexibility index (Phi) is 17.9. The number of ketones is 1. The first-order valence-corrected chi connectivity index (χ1v) is 23.3. The summed E-state index contributed by atoms with van der Waals surface area (Å²) in [5, 5.41) is 20.1. The number of hydrogen-bond acceptors (Lipinski definition) is 15. The summed E-state index contributed by atoms with van der Waals surface area (Å²) < 4.78 is 24.7.